The zero-order valence-electron chi connectivity index (χ0n) is 17.7. The predicted octanol–water partition coefficient (Wildman–Crippen LogP) is 3.45. The molecule has 8 nitrogen and oxygen atoms in total. The largest absolute Gasteiger partial charge is 0.493 e. The van der Waals surface area contributed by atoms with Crippen molar-refractivity contribution in [2.45, 2.75) is 19.4 Å². The lowest BCUT2D eigenvalue weighted by atomic mass is 9.98. The summed E-state index contributed by atoms with van der Waals surface area (Å²) in [6.45, 7) is 3.41. The first-order valence-electron chi connectivity index (χ1n) is 9.86. The number of piperidine rings is 1. The van der Waals surface area contributed by atoms with Gasteiger partial charge in [-0.1, -0.05) is 11.2 Å². The number of carbonyl (C=O) groups is 1. The summed E-state index contributed by atoms with van der Waals surface area (Å²) in [4.78, 5) is 18.2. The Kier molecular flexibility index (Phi) is 9.55. The van der Waals surface area contributed by atoms with Gasteiger partial charge in [0.2, 0.25) is 11.7 Å². The number of methoxy groups -OCH3 is 2. The number of Topliss-reactive ketones (excluding diaryl/α,β-unsaturated/α-hetero) is 1. The van der Waals surface area contributed by atoms with E-state index in [9.17, 15) is 4.79 Å². The van der Waals surface area contributed by atoms with Crippen LogP contribution in [0.25, 0.3) is 0 Å². The fourth-order valence-corrected chi connectivity index (χ4v) is 3.61. The topological polar surface area (TPSA) is 93.5 Å². The van der Waals surface area contributed by atoms with Crippen molar-refractivity contribution in [2.75, 3.05) is 33.9 Å². The quantitative estimate of drug-likeness (QED) is 0.271. The first-order chi connectivity index (χ1) is 14.6. The van der Waals surface area contributed by atoms with Gasteiger partial charge in [0, 0.05) is 36.8 Å². The molecule has 0 spiro atoms. The van der Waals surface area contributed by atoms with Crippen LogP contribution in [0.5, 0.6) is 17.4 Å². The molecule has 9 heteroatoms. The number of halogens is 1. The first kappa shape index (κ1) is 24.4. The second-order valence-electron chi connectivity index (χ2n) is 7.24. The molecule has 1 atom stereocenters. The van der Waals surface area contributed by atoms with Crippen molar-refractivity contribution in [1.82, 2.24) is 9.88 Å². The highest BCUT2D eigenvalue weighted by Gasteiger charge is 2.21. The third-order valence-electron chi connectivity index (χ3n) is 5.12. The highest BCUT2D eigenvalue weighted by Crippen LogP contribution is 2.29. The van der Waals surface area contributed by atoms with E-state index in [4.69, 9.17) is 19.4 Å². The number of benzene rings is 1. The van der Waals surface area contributed by atoms with Crippen molar-refractivity contribution in [2.24, 2.45) is 11.1 Å². The predicted molar refractivity (Wildman–Crippen MR) is 119 cm³/mol. The molecule has 1 unspecified atom stereocenters. The Hall–Kier alpha value is -2.84. The Bertz CT molecular complexity index is 876. The number of ketones is 1. The minimum Gasteiger partial charge on any atom is -0.493 e. The molecule has 31 heavy (non-hydrogen) atoms. The third-order valence-corrected chi connectivity index (χ3v) is 5.12. The molecule has 0 radical (unpaired) electrons. The molecule has 0 aliphatic carbocycles. The van der Waals surface area contributed by atoms with Gasteiger partial charge in [0.25, 0.3) is 0 Å². The van der Waals surface area contributed by atoms with Crippen molar-refractivity contribution in [3.63, 3.8) is 0 Å². The fraction of sp³-hybridized carbons (Fsp3) is 0.409. The minimum absolute atomic E-state index is 0. The van der Waals surface area contributed by atoms with Gasteiger partial charge >= 0.3 is 0 Å². The summed E-state index contributed by atoms with van der Waals surface area (Å²) >= 11 is 0. The number of hydrogen-bond donors (Lipinski definition) is 1. The SMILES string of the molecule is COc1ccc(CN2CCCC(COc3ccc(C(=O)C=NO)cn3)C2)cc1OC.Cl. The van der Waals surface area contributed by atoms with Gasteiger partial charge in [0.1, 0.15) is 6.21 Å². The number of carbonyl (C=O) groups excluding carboxylic acids is 1. The summed E-state index contributed by atoms with van der Waals surface area (Å²) in [7, 11) is 3.28. The molecule has 1 saturated heterocycles. The highest BCUT2D eigenvalue weighted by molar-refractivity contribution is 6.35. The van der Waals surface area contributed by atoms with Crippen molar-refractivity contribution >= 4 is 24.4 Å². The zero-order chi connectivity index (χ0) is 21.3. The molecule has 0 amide bonds. The van der Waals surface area contributed by atoms with E-state index in [-0.39, 0.29) is 12.4 Å². The molecule has 2 aromatic rings. The number of likely N-dealkylation sites (tertiary alicyclic amines) is 1. The summed E-state index contributed by atoms with van der Waals surface area (Å²) < 4.78 is 16.5. The molecule has 0 saturated carbocycles. The molecule has 1 fully saturated rings. The number of pyridine rings is 1. The summed E-state index contributed by atoms with van der Waals surface area (Å²) in [5, 5.41) is 11.2. The van der Waals surface area contributed by atoms with E-state index < -0.39 is 5.78 Å². The van der Waals surface area contributed by atoms with Crippen LogP contribution in [-0.2, 0) is 6.54 Å². The van der Waals surface area contributed by atoms with Gasteiger partial charge in [-0.2, -0.15) is 0 Å². The van der Waals surface area contributed by atoms with E-state index in [1.54, 1.807) is 26.4 Å². The van der Waals surface area contributed by atoms with Gasteiger partial charge < -0.3 is 19.4 Å². The number of nitrogens with zero attached hydrogens (tertiary/aromatic N) is 3. The van der Waals surface area contributed by atoms with Crippen molar-refractivity contribution < 1.29 is 24.2 Å². The highest BCUT2D eigenvalue weighted by atomic mass is 35.5. The van der Waals surface area contributed by atoms with Crippen LogP contribution < -0.4 is 14.2 Å². The van der Waals surface area contributed by atoms with Crippen LogP contribution in [0.1, 0.15) is 28.8 Å². The maximum absolute atomic E-state index is 11.6. The van der Waals surface area contributed by atoms with Gasteiger partial charge in [-0.15, -0.1) is 12.4 Å². The Labute approximate surface area is 188 Å². The zero-order valence-corrected chi connectivity index (χ0v) is 18.5. The smallest absolute Gasteiger partial charge is 0.213 e. The minimum atomic E-state index is -0.408. The molecule has 2 heterocycles. The van der Waals surface area contributed by atoms with Crippen LogP contribution in [0, 0.1) is 5.92 Å². The molecular weight excluding hydrogens is 422 g/mol. The summed E-state index contributed by atoms with van der Waals surface area (Å²) in [6.07, 6.45) is 4.48. The standard InChI is InChI=1S/C22H27N3O5.ClH/c1-28-20-7-5-16(10-21(20)29-2)13-25-9-3-4-17(14-25)15-30-22-8-6-18(11-23-22)19(26)12-24-27;/h5-8,10-12,17,27H,3-4,9,13-15H2,1-2H3;1H. The van der Waals surface area contributed by atoms with Crippen molar-refractivity contribution in [3.05, 3.63) is 47.7 Å². The molecule has 1 N–H and O–H groups in total. The Morgan fingerprint density at radius 1 is 1.26 bits per heavy atom. The van der Waals surface area contributed by atoms with Gasteiger partial charge in [0.05, 0.1) is 20.8 Å². The lowest BCUT2D eigenvalue weighted by Crippen LogP contribution is -2.37. The number of oxime groups is 1. The third kappa shape index (κ3) is 6.83. The van der Waals surface area contributed by atoms with E-state index >= 15 is 0 Å². The molecule has 1 aromatic carbocycles. The normalized spacial score (nSPS) is 16.5. The monoisotopic (exact) mass is 449 g/mol. The van der Waals surface area contributed by atoms with Crippen LogP contribution in [-0.4, -0.2) is 61.0 Å². The maximum atomic E-state index is 11.6. The van der Waals surface area contributed by atoms with Crippen molar-refractivity contribution in [3.8, 4) is 17.4 Å². The Balaban J connectivity index is 0.00000341. The molecule has 1 aliphatic heterocycles. The van der Waals surface area contributed by atoms with E-state index in [1.807, 2.05) is 12.1 Å². The van der Waals surface area contributed by atoms with Crippen LogP contribution in [0.2, 0.25) is 0 Å². The summed E-state index contributed by atoms with van der Waals surface area (Å²) in [5.74, 6) is 1.95. The summed E-state index contributed by atoms with van der Waals surface area (Å²) in [5.41, 5.74) is 1.53. The fourth-order valence-electron chi connectivity index (χ4n) is 3.61. The number of rotatable bonds is 9. The molecular formula is C22H28ClN3O5. The average molecular weight is 450 g/mol. The van der Waals surface area contributed by atoms with Gasteiger partial charge in [-0.05, 0) is 43.1 Å². The van der Waals surface area contributed by atoms with Crippen LogP contribution in [0.3, 0.4) is 0 Å². The van der Waals surface area contributed by atoms with Crippen LogP contribution >= 0.6 is 12.4 Å². The molecule has 1 aliphatic rings. The lowest BCUT2D eigenvalue weighted by Gasteiger charge is -2.32. The van der Waals surface area contributed by atoms with Gasteiger partial charge in [0.15, 0.2) is 11.5 Å². The van der Waals surface area contributed by atoms with E-state index in [0.29, 0.717) is 24.0 Å². The average Bonchev–Trinajstić information content (AvgIpc) is 2.78. The number of aromatic nitrogens is 1. The van der Waals surface area contributed by atoms with Gasteiger partial charge in [-0.3, -0.25) is 9.69 Å². The van der Waals surface area contributed by atoms with Crippen LogP contribution in [0.15, 0.2) is 41.7 Å². The molecule has 0 bridgehead atoms. The molecule has 168 valence electrons. The molecule has 1 aromatic heterocycles. The number of hydrogen-bond acceptors (Lipinski definition) is 8. The van der Waals surface area contributed by atoms with Crippen LogP contribution in [0.4, 0.5) is 0 Å². The molecule has 3 rings (SSSR count). The second kappa shape index (κ2) is 12.1. The summed E-state index contributed by atoms with van der Waals surface area (Å²) in [6, 6.07) is 9.29. The Morgan fingerprint density at radius 3 is 2.74 bits per heavy atom. The Morgan fingerprint density at radius 2 is 2.06 bits per heavy atom. The first-order valence-corrected chi connectivity index (χ1v) is 9.86. The lowest BCUT2D eigenvalue weighted by molar-refractivity contribution is 0.106. The second-order valence-corrected chi connectivity index (χ2v) is 7.24. The maximum Gasteiger partial charge on any atom is 0.213 e. The van der Waals surface area contributed by atoms with Crippen molar-refractivity contribution in [1.29, 1.82) is 0 Å². The van der Waals surface area contributed by atoms with Gasteiger partial charge in [-0.25, -0.2) is 4.98 Å². The van der Waals surface area contributed by atoms with E-state index in [2.05, 4.69) is 21.1 Å². The number of ether oxygens (including phenoxy) is 3. The van der Waals surface area contributed by atoms with E-state index in [1.165, 1.54) is 11.8 Å². The van der Waals surface area contributed by atoms with E-state index in [0.717, 1.165) is 50.2 Å².